The number of ether oxygens (including phenoxy) is 1. The highest BCUT2D eigenvalue weighted by atomic mass is 32.1. The zero-order valence-corrected chi connectivity index (χ0v) is 14.8. The van der Waals surface area contributed by atoms with Crippen LogP contribution in [0.3, 0.4) is 0 Å². The first-order chi connectivity index (χ1) is 11.5. The lowest BCUT2D eigenvalue weighted by Gasteiger charge is -2.32. The Balaban J connectivity index is 1.56. The Morgan fingerprint density at radius 1 is 1.29 bits per heavy atom. The van der Waals surface area contributed by atoms with Crippen molar-refractivity contribution < 1.29 is 4.74 Å². The van der Waals surface area contributed by atoms with E-state index in [0.29, 0.717) is 6.61 Å². The molecule has 1 fully saturated rings. The number of morpholine rings is 1. The molecule has 7 nitrogen and oxygen atoms in total. The fraction of sp³-hybridized carbons (Fsp3) is 0.500. The zero-order valence-electron chi connectivity index (χ0n) is 14.0. The number of hydrogen-bond acceptors (Lipinski definition) is 7. The predicted molar refractivity (Wildman–Crippen MR) is 92.5 cm³/mol. The molecule has 3 aromatic rings. The quantitative estimate of drug-likeness (QED) is 0.711. The molecule has 0 spiro atoms. The van der Waals surface area contributed by atoms with Crippen LogP contribution in [0.15, 0.2) is 23.8 Å². The Morgan fingerprint density at radius 2 is 2.17 bits per heavy atom. The van der Waals surface area contributed by atoms with Gasteiger partial charge in [0.2, 0.25) is 0 Å². The van der Waals surface area contributed by atoms with Gasteiger partial charge in [0.15, 0.2) is 11.5 Å². The van der Waals surface area contributed by atoms with E-state index in [1.165, 1.54) is 6.33 Å². The number of fused-ring (bicyclic) bond motifs is 1. The van der Waals surface area contributed by atoms with Crippen molar-refractivity contribution in [2.24, 2.45) is 0 Å². The molecule has 3 aromatic heterocycles. The second-order valence-electron chi connectivity index (χ2n) is 6.93. The summed E-state index contributed by atoms with van der Waals surface area (Å²) in [6.45, 7) is 8.74. The summed E-state index contributed by atoms with van der Waals surface area (Å²) in [6.07, 6.45) is 1.49. The Hall–Kier alpha value is -2.06. The predicted octanol–water partition coefficient (Wildman–Crippen LogP) is 2.46. The van der Waals surface area contributed by atoms with Crippen molar-refractivity contribution in [1.29, 1.82) is 0 Å². The van der Waals surface area contributed by atoms with Gasteiger partial charge >= 0.3 is 0 Å². The van der Waals surface area contributed by atoms with Crippen molar-refractivity contribution >= 4 is 22.8 Å². The third kappa shape index (κ3) is 2.87. The van der Waals surface area contributed by atoms with Crippen LogP contribution in [0.25, 0.3) is 5.65 Å². The Labute approximate surface area is 144 Å². The van der Waals surface area contributed by atoms with E-state index in [1.807, 2.05) is 12.1 Å². The average Bonchev–Trinajstić information content (AvgIpc) is 3.23. The van der Waals surface area contributed by atoms with Crippen LogP contribution in [0.5, 0.6) is 0 Å². The average molecular weight is 344 g/mol. The number of aromatic nitrogens is 5. The maximum absolute atomic E-state index is 5.96. The first-order valence-corrected chi connectivity index (χ1v) is 8.88. The molecule has 1 atom stereocenters. The van der Waals surface area contributed by atoms with Crippen LogP contribution in [0.4, 0.5) is 5.82 Å². The molecule has 0 aromatic carbocycles. The van der Waals surface area contributed by atoms with E-state index in [1.54, 1.807) is 16.0 Å². The highest BCUT2D eigenvalue weighted by Crippen LogP contribution is 2.31. The van der Waals surface area contributed by atoms with Crippen molar-refractivity contribution in [3.8, 4) is 0 Å². The van der Waals surface area contributed by atoms with E-state index in [-0.39, 0.29) is 11.5 Å². The van der Waals surface area contributed by atoms with Crippen LogP contribution in [-0.2, 0) is 10.2 Å². The molecule has 0 radical (unpaired) electrons. The molecule has 0 aliphatic carbocycles. The van der Waals surface area contributed by atoms with Gasteiger partial charge in [-0.1, -0.05) is 20.8 Å². The SMILES string of the molecule is CC(C)(C)c1csc(C2CN(c3ccc4ncnn4n3)CCO2)n1. The molecule has 0 N–H and O–H groups in total. The second-order valence-corrected chi connectivity index (χ2v) is 7.82. The van der Waals surface area contributed by atoms with Gasteiger partial charge in [-0.05, 0) is 12.1 Å². The number of thiazole rings is 1. The first kappa shape index (κ1) is 15.5. The minimum absolute atomic E-state index is 0.0203. The maximum atomic E-state index is 5.96. The minimum atomic E-state index is -0.0203. The van der Waals surface area contributed by atoms with Crippen molar-refractivity contribution in [3.05, 3.63) is 34.5 Å². The van der Waals surface area contributed by atoms with E-state index in [4.69, 9.17) is 9.72 Å². The van der Waals surface area contributed by atoms with E-state index < -0.39 is 0 Å². The summed E-state index contributed by atoms with van der Waals surface area (Å²) in [5.74, 6) is 0.883. The van der Waals surface area contributed by atoms with Crippen molar-refractivity contribution in [2.75, 3.05) is 24.6 Å². The highest BCUT2D eigenvalue weighted by molar-refractivity contribution is 7.09. The molecule has 126 valence electrons. The van der Waals surface area contributed by atoms with E-state index >= 15 is 0 Å². The van der Waals surface area contributed by atoms with E-state index in [2.05, 4.69) is 46.2 Å². The summed E-state index contributed by atoms with van der Waals surface area (Å²) >= 11 is 1.67. The third-order valence-electron chi connectivity index (χ3n) is 4.09. The van der Waals surface area contributed by atoms with Gasteiger partial charge in [-0.3, -0.25) is 0 Å². The molecule has 1 saturated heterocycles. The number of anilines is 1. The normalized spacial score (nSPS) is 19.1. The summed E-state index contributed by atoms with van der Waals surface area (Å²) in [6, 6.07) is 3.91. The fourth-order valence-electron chi connectivity index (χ4n) is 2.67. The summed E-state index contributed by atoms with van der Waals surface area (Å²) in [5, 5.41) is 11.8. The van der Waals surface area contributed by atoms with Gasteiger partial charge in [0.05, 0.1) is 18.8 Å². The van der Waals surface area contributed by atoms with Gasteiger partial charge in [0, 0.05) is 17.3 Å². The molecule has 1 unspecified atom stereocenters. The van der Waals surface area contributed by atoms with Crippen molar-refractivity contribution in [1.82, 2.24) is 24.8 Å². The van der Waals surface area contributed by atoms with Crippen LogP contribution in [0.1, 0.15) is 37.6 Å². The van der Waals surface area contributed by atoms with Gasteiger partial charge in [0.25, 0.3) is 0 Å². The van der Waals surface area contributed by atoms with Gasteiger partial charge in [-0.25, -0.2) is 9.97 Å². The fourth-order valence-corrected chi connectivity index (χ4v) is 3.75. The zero-order chi connectivity index (χ0) is 16.7. The molecule has 4 rings (SSSR count). The first-order valence-electron chi connectivity index (χ1n) is 8.00. The van der Waals surface area contributed by atoms with Gasteiger partial charge in [-0.2, -0.15) is 0 Å². The van der Waals surface area contributed by atoms with Crippen LogP contribution < -0.4 is 4.90 Å². The lowest BCUT2D eigenvalue weighted by atomic mass is 9.93. The second kappa shape index (κ2) is 5.78. The lowest BCUT2D eigenvalue weighted by Crippen LogP contribution is -2.39. The molecular weight excluding hydrogens is 324 g/mol. The molecule has 0 amide bonds. The Morgan fingerprint density at radius 3 is 2.96 bits per heavy atom. The standard InChI is InChI=1S/C16H20N6OS/c1-16(2,3)12-9-24-15(19-12)11-8-21(6-7-23-11)14-5-4-13-17-10-18-22(13)20-14/h4-5,9-11H,6-8H2,1-3H3. The molecule has 0 bridgehead atoms. The molecule has 24 heavy (non-hydrogen) atoms. The topological polar surface area (TPSA) is 68.4 Å². The Kier molecular flexibility index (Phi) is 3.73. The number of hydrogen-bond donors (Lipinski definition) is 0. The van der Waals surface area contributed by atoms with Crippen LogP contribution in [-0.4, -0.2) is 44.5 Å². The van der Waals surface area contributed by atoms with E-state index in [0.717, 1.165) is 35.3 Å². The smallest absolute Gasteiger partial charge is 0.176 e. The van der Waals surface area contributed by atoms with Gasteiger partial charge < -0.3 is 9.64 Å². The molecule has 4 heterocycles. The van der Waals surface area contributed by atoms with Crippen LogP contribution >= 0.6 is 11.3 Å². The molecule has 8 heteroatoms. The minimum Gasteiger partial charge on any atom is -0.367 e. The van der Waals surface area contributed by atoms with Crippen molar-refractivity contribution in [2.45, 2.75) is 32.3 Å². The molecule has 1 aliphatic heterocycles. The third-order valence-corrected chi connectivity index (χ3v) is 5.03. The molecule has 0 saturated carbocycles. The van der Waals surface area contributed by atoms with Crippen LogP contribution in [0, 0.1) is 0 Å². The molecular formula is C16H20N6OS. The van der Waals surface area contributed by atoms with Crippen molar-refractivity contribution in [3.63, 3.8) is 0 Å². The summed E-state index contributed by atoms with van der Waals surface area (Å²) in [4.78, 5) is 11.1. The highest BCUT2D eigenvalue weighted by Gasteiger charge is 2.27. The lowest BCUT2D eigenvalue weighted by molar-refractivity contribution is 0.0391. The number of nitrogens with zero attached hydrogens (tertiary/aromatic N) is 6. The number of rotatable bonds is 2. The molecule has 1 aliphatic rings. The van der Waals surface area contributed by atoms with Gasteiger partial charge in [-0.15, -0.1) is 26.2 Å². The Bertz CT molecular complexity index is 851. The van der Waals surface area contributed by atoms with E-state index in [9.17, 15) is 0 Å². The summed E-state index contributed by atoms with van der Waals surface area (Å²) in [5.41, 5.74) is 1.92. The maximum Gasteiger partial charge on any atom is 0.176 e. The monoisotopic (exact) mass is 344 g/mol. The van der Waals surface area contributed by atoms with Crippen LogP contribution in [0.2, 0.25) is 0 Å². The largest absolute Gasteiger partial charge is 0.367 e. The summed E-state index contributed by atoms with van der Waals surface area (Å²) in [7, 11) is 0. The summed E-state index contributed by atoms with van der Waals surface area (Å²) < 4.78 is 7.51. The van der Waals surface area contributed by atoms with Gasteiger partial charge in [0.1, 0.15) is 17.4 Å².